The third-order valence-corrected chi connectivity index (χ3v) is 7.17. The number of fused-ring (bicyclic) bond motifs is 1. The lowest BCUT2D eigenvalue weighted by Crippen LogP contribution is -2.28. The molecule has 0 saturated carbocycles. The molecule has 152 valence electrons. The number of nitrogens with one attached hydrogen (secondary N) is 1. The van der Waals surface area contributed by atoms with E-state index in [1.807, 2.05) is 35.8 Å². The van der Waals surface area contributed by atoms with E-state index in [2.05, 4.69) is 5.32 Å². The molecule has 0 aliphatic carbocycles. The number of hydrogen-bond donors (Lipinski definition) is 2. The number of para-hydroxylation sites is 1. The Labute approximate surface area is 169 Å². The van der Waals surface area contributed by atoms with Gasteiger partial charge in [0.1, 0.15) is 11.4 Å². The third kappa shape index (κ3) is 3.49. The highest BCUT2D eigenvalue weighted by molar-refractivity contribution is 7.89. The Morgan fingerprint density at radius 1 is 1.10 bits per heavy atom. The van der Waals surface area contributed by atoms with Crippen LogP contribution < -0.4 is 5.32 Å². The summed E-state index contributed by atoms with van der Waals surface area (Å²) in [6.45, 7) is 3.53. The molecule has 1 amide bonds. The number of carbonyl (C=O) groups excluding carboxylic acids is 1. The Bertz CT molecular complexity index is 1180. The lowest BCUT2D eigenvalue weighted by atomic mass is 10.2. The van der Waals surface area contributed by atoms with Crippen molar-refractivity contribution in [1.29, 1.82) is 0 Å². The van der Waals surface area contributed by atoms with Gasteiger partial charge in [-0.05, 0) is 50.1 Å². The summed E-state index contributed by atoms with van der Waals surface area (Å²) in [4.78, 5) is 13.0. The Hall–Kier alpha value is -2.84. The third-order valence-electron chi connectivity index (χ3n) is 5.28. The largest absolute Gasteiger partial charge is 0.506 e. The van der Waals surface area contributed by atoms with Crippen molar-refractivity contribution in [3.05, 3.63) is 54.2 Å². The van der Waals surface area contributed by atoms with Crippen LogP contribution in [0.4, 0.5) is 5.69 Å². The second-order valence-corrected chi connectivity index (χ2v) is 9.01. The number of amides is 1. The second-order valence-electron chi connectivity index (χ2n) is 7.08. The van der Waals surface area contributed by atoms with Gasteiger partial charge in [-0.15, -0.1) is 0 Å². The van der Waals surface area contributed by atoms with E-state index < -0.39 is 15.9 Å². The average molecular weight is 413 g/mol. The van der Waals surface area contributed by atoms with Gasteiger partial charge in [-0.25, -0.2) is 8.42 Å². The number of nitrogens with zero attached hydrogens (tertiary/aromatic N) is 2. The summed E-state index contributed by atoms with van der Waals surface area (Å²) in [5, 5.41) is 13.8. The van der Waals surface area contributed by atoms with Crippen molar-refractivity contribution in [2.24, 2.45) is 0 Å². The minimum atomic E-state index is -3.65. The number of benzene rings is 2. The first-order chi connectivity index (χ1) is 13.9. The van der Waals surface area contributed by atoms with Crippen molar-refractivity contribution in [1.82, 2.24) is 8.87 Å². The van der Waals surface area contributed by atoms with Gasteiger partial charge in [-0.3, -0.25) is 4.79 Å². The van der Waals surface area contributed by atoms with Crippen molar-refractivity contribution in [2.45, 2.75) is 31.2 Å². The van der Waals surface area contributed by atoms with Crippen LogP contribution >= 0.6 is 0 Å². The van der Waals surface area contributed by atoms with Crippen molar-refractivity contribution >= 4 is 32.5 Å². The quantitative estimate of drug-likeness (QED) is 0.627. The molecular weight excluding hydrogens is 390 g/mol. The van der Waals surface area contributed by atoms with Gasteiger partial charge in [-0.1, -0.05) is 18.2 Å². The van der Waals surface area contributed by atoms with Crippen LogP contribution in [-0.2, 0) is 16.6 Å². The van der Waals surface area contributed by atoms with E-state index in [0.29, 0.717) is 25.3 Å². The van der Waals surface area contributed by atoms with Gasteiger partial charge in [-0.2, -0.15) is 4.31 Å². The van der Waals surface area contributed by atoms with Crippen molar-refractivity contribution < 1.29 is 18.3 Å². The lowest BCUT2D eigenvalue weighted by molar-refractivity contribution is 0.101. The van der Waals surface area contributed by atoms with E-state index >= 15 is 0 Å². The molecule has 0 unspecified atom stereocenters. The van der Waals surface area contributed by atoms with Gasteiger partial charge >= 0.3 is 0 Å². The molecule has 2 heterocycles. The first kappa shape index (κ1) is 19.5. The molecule has 7 nitrogen and oxygen atoms in total. The number of aryl methyl sites for hydroxylation is 1. The number of phenols is 1. The van der Waals surface area contributed by atoms with Gasteiger partial charge in [0.25, 0.3) is 5.91 Å². The molecule has 29 heavy (non-hydrogen) atoms. The lowest BCUT2D eigenvalue weighted by Gasteiger charge is -2.17. The molecule has 1 aromatic heterocycles. The fourth-order valence-corrected chi connectivity index (χ4v) is 5.32. The Morgan fingerprint density at radius 3 is 2.55 bits per heavy atom. The summed E-state index contributed by atoms with van der Waals surface area (Å²) < 4.78 is 28.9. The van der Waals surface area contributed by atoms with Crippen LogP contribution in [-0.4, -0.2) is 41.4 Å². The summed E-state index contributed by atoms with van der Waals surface area (Å²) in [6, 6.07) is 13.5. The number of anilines is 1. The normalized spacial score (nSPS) is 15.1. The smallest absolute Gasteiger partial charge is 0.272 e. The molecule has 0 spiro atoms. The molecule has 0 radical (unpaired) electrons. The summed E-state index contributed by atoms with van der Waals surface area (Å²) in [6.07, 6.45) is 1.67. The van der Waals surface area contributed by atoms with Gasteiger partial charge in [0.15, 0.2) is 0 Å². The van der Waals surface area contributed by atoms with Gasteiger partial charge in [0, 0.05) is 30.5 Å². The number of phenolic OH excluding ortho intramolecular Hbond substituents is 1. The topological polar surface area (TPSA) is 91.6 Å². The maximum absolute atomic E-state index is 12.9. The van der Waals surface area contributed by atoms with Gasteiger partial charge in [0.2, 0.25) is 10.0 Å². The van der Waals surface area contributed by atoms with Crippen molar-refractivity contribution in [3.8, 4) is 5.75 Å². The molecule has 8 heteroatoms. The zero-order chi connectivity index (χ0) is 20.6. The summed E-state index contributed by atoms with van der Waals surface area (Å²) >= 11 is 0. The molecular formula is C21H23N3O4S. The van der Waals surface area contributed by atoms with Crippen LogP contribution in [0.2, 0.25) is 0 Å². The summed E-state index contributed by atoms with van der Waals surface area (Å²) in [5.74, 6) is -0.591. The number of carbonyl (C=O) groups is 1. The van der Waals surface area contributed by atoms with Crippen LogP contribution in [0.5, 0.6) is 5.75 Å². The maximum atomic E-state index is 12.9. The number of rotatable bonds is 5. The molecule has 4 rings (SSSR count). The van der Waals surface area contributed by atoms with Crippen LogP contribution in [0.25, 0.3) is 10.9 Å². The van der Waals surface area contributed by atoms with E-state index in [9.17, 15) is 18.3 Å². The van der Waals surface area contributed by atoms with Gasteiger partial charge < -0.3 is 15.0 Å². The van der Waals surface area contributed by atoms with Crippen molar-refractivity contribution in [2.75, 3.05) is 18.4 Å². The number of hydrogen-bond acceptors (Lipinski definition) is 4. The highest BCUT2D eigenvalue weighted by atomic mass is 32.2. The monoisotopic (exact) mass is 413 g/mol. The zero-order valence-electron chi connectivity index (χ0n) is 16.1. The standard InChI is InChI=1S/C21H23N3O4S/c1-2-24-18-8-4-3-7-15(18)13-19(24)21(26)22-17-14-16(9-10-20(17)25)29(27,28)23-11-5-6-12-23/h3-4,7-10,13-14,25H,2,5-6,11-12H2,1H3,(H,22,26). The molecule has 0 atom stereocenters. The SMILES string of the molecule is CCn1c(C(=O)Nc2cc(S(=O)(=O)N3CCCC3)ccc2O)cc2ccccc21. The first-order valence-electron chi connectivity index (χ1n) is 9.64. The molecule has 1 saturated heterocycles. The van der Waals surface area contributed by atoms with Crippen LogP contribution in [0.15, 0.2) is 53.4 Å². The fraction of sp³-hybridized carbons (Fsp3) is 0.286. The summed E-state index contributed by atoms with van der Waals surface area (Å²) in [7, 11) is -3.65. The Morgan fingerprint density at radius 2 is 1.83 bits per heavy atom. The minimum Gasteiger partial charge on any atom is -0.506 e. The number of sulfonamides is 1. The van der Waals surface area contributed by atoms with E-state index in [1.54, 1.807) is 6.07 Å². The highest BCUT2D eigenvalue weighted by Gasteiger charge is 2.28. The second kappa shape index (κ2) is 7.53. The zero-order valence-corrected chi connectivity index (χ0v) is 16.9. The minimum absolute atomic E-state index is 0.0588. The molecule has 0 bridgehead atoms. The predicted octanol–water partition coefficient (Wildman–Crippen LogP) is 3.40. The van der Waals surface area contributed by atoms with Crippen molar-refractivity contribution in [3.63, 3.8) is 0 Å². The summed E-state index contributed by atoms with van der Waals surface area (Å²) in [5.41, 5.74) is 1.46. The molecule has 2 aromatic carbocycles. The van der Waals surface area contributed by atoms with E-state index in [1.165, 1.54) is 22.5 Å². The molecule has 1 aliphatic rings. The van der Waals surface area contributed by atoms with Gasteiger partial charge in [0.05, 0.1) is 10.6 Å². The fourth-order valence-electron chi connectivity index (χ4n) is 3.78. The predicted molar refractivity (Wildman–Crippen MR) is 112 cm³/mol. The van der Waals surface area contributed by atoms with Crippen LogP contribution in [0.1, 0.15) is 30.3 Å². The number of aromatic nitrogens is 1. The van der Waals surface area contributed by atoms with Crippen LogP contribution in [0, 0.1) is 0 Å². The van der Waals surface area contributed by atoms with E-state index in [-0.39, 0.29) is 16.3 Å². The Balaban J connectivity index is 1.67. The number of aromatic hydroxyl groups is 1. The first-order valence-corrected chi connectivity index (χ1v) is 11.1. The molecule has 2 N–H and O–H groups in total. The maximum Gasteiger partial charge on any atom is 0.272 e. The average Bonchev–Trinajstić information content (AvgIpc) is 3.37. The van der Waals surface area contributed by atoms with E-state index in [4.69, 9.17) is 0 Å². The molecule has 1 fully saturated rings. The molecule has 1 aliphatic heterocycles. The highest BCUT2D eigenvalue weighted by Crippen LogP contribution is 2.30. The van der Waals surface area contributed by atoms with E-state index in [0.717, 1.165) is 23.7 Å². The Kier molecular flexibility index (Phi) is 5.06. The molecule has 3 aromatic rings. The van der Waals surface area contributed by atoms with Crippen LogP contribution in [0.3, 0.4) is 0 Å².